The van der Waals surface area contributed by atoms with Crippen LogP contribution < -0.4 is 0 Å². The van der Waals surface area contributed by atoms with Gasteiger partial charge in [0, 0.05) is 12.6 Å². The largest absolute Gasteiger partial charge is 0.255 e. The minimum atomic E-state index is 0.922. The summed E-state index contributed by atoms with van der Waals surface area (Å²) >= 11 is 0. The van der Waals surface area contributed by atoms with E-state index in [1.807, 2.05) is 25.4 Å². The number of rotatable bonds is 1. The van der Waals surface area contributed by atoms with Gasteiger partial charge < -0.3 is 0 Å². The van der Waals surface area contributed by atoms with Crippen LogP contribution in [0.2, 0.25) is 0 Å². The minimum absolute atomic E-state index is 0.922. The Kier molecular flexibility index (Phi) is 2.08. The van der Waals surface area contributed by atoms with Gasteiger partial charge >= 0.3 is 0 Å². The molecule has 1 aliphatic carbocycles. The summed E-state index contributed by atoms with van der Waals surface area (Å²) in [6.45, 7) is 0. The number of aryl methyl sites for hydroxylation is 1. The maximum Gasteiger partial charge on any atom is 0.113 e. The summed E-state index contributed by atoms with van der Waals surface area (Å²) in [5.74, 6) is 0. The molecule has 0 saturated heterocycles. The van der Waals surface area contributed by atoms with Gasteiger partial charge in [0.15, 0.2) is 0 Å². The fourth-order valence-electron chi connectivity index (χ4n) is 1.23. The molecule has 0 amide bonds. The normalized spacial score (nSPS) is 15.6. The molecular weight excluding hydrogens is 162 g/mol. The van der Waals surface area contributed by atoms with Crippen molar-refractivity contribution in [1.29, 1.82) is 0 Å². The highest BCUT2D eigenvalue weighted by atomic mass is 15.4. The van der Waals surface area contributed by atoms with Crippen LogP contribution in [0, 0.1) is 0 Å². The van der Waals surface area contributed by atoms with E-state index in [1.54, 1.807) is 4.68 Å². The van der Waals surface area contributed by atoms with Crippen molar-refractivity contribution in [3.63, 3.8) is 0 Å². The molecule has 0 N–H and O–H groups in total. The van der Waals surface area contributed by atoms with E-state index in [-0.39, 0.29) is 0 Å². The van der Waals surface area contributed by atoms with Crippen molar-refractivity contribution in [3.05, 3.63) is 42.3 Å². The molecule has 0 radical (unpaired) electrons. The number of nitrogens with zero attached hydrogens (tertiary/aromatic N) is 3. The summed E-state index contributed by atoms with van der Waals surface area (Å²) in [7, 11) is 1.87. The van der Waals surface area contributed by atoms with Gasteiger partial charge in [-0.1, -0.05) is 35.6 Å². The molecule has 1 aromatic heterocycles. The Bertz CT molecular complexity index is 383. The zero-order valence-electron chi connectivity index (χ0n) is 7.51. The number of hydrogen-bond acceptors (Lipinski definition) is 2. The van der Waals surface area contributed by atoms with Gasteiger partial charge in [-0.3, -0.25) is 4.68 Å². The van der Waals surface area contributed by atoms with Gasteiger partial charge in [0.05, 0.1) is 6.20 Å². The van der Waals surface area contributed by atoms with Gasteiger partial charge in [0.2, 0.25) is 0 Å². The summed E-state index contributed by atoms with van der Waals surface area (Å²) in [5, 5.41) is 7.93. The van der Waals surface area contributed by atoms with Crippen molar-refractivity contribution in [2.45, 2.75) is 6.42 Å². The van der Waals surface area contributed by atoms with Crippen LogP contribution in [0.25, 0.3) is 5.57 Å². The van der Waals surface area contributed by atoms with E-state index in [4.69, 9.17) is 0 Å². The van der Waals surface area contributed by atoms with Gasteiger partial charge in [-0.05, 0) is 6.42 Å². The third-order valence-corrected chi connectivity index (χ3v) is 1.88. The molecule has 0 spiro atoms. The monoisotopic (exact) mass is 173 g/mol. The Hall–Kier alpha value is -1.64. The maximum absolute atomic E-state index is 4.04. The van der Waals surface area contributed by atoms with Crippen molar-refractivity contribution in [3.8, 4) is 0 Å². The molecule has 0 saturated carbocycles. The highest BCUT2D eigenvalue weighted by molar-refractivity contribution is 5.72. The molecular formula is C10H11N3. The molecule has 2 rings (SSSR count). The van der Waals surface area contributed by atoms with E-state index in [9.17, 15) is 0 Å². The SMILES string of the molecule is Cn1cc(C2=CC=CCC=C2)nn1. The van der Waals surface area contributed by atoms with Crippen molar-refractivity contribution >= 4 is 5.57 Å². The maximum atomic E-state index is 4.04. The van der Waals surface area contributed by atoms with Gasteiger partial charge in [-0.2, -0.15) is 0 Å². The summed E-state index contributed by atoms with van der Waals surface area (Å²) in [4.78, 5) is 0. The van der Waals surface area contributed by atoms with Crippen LogP contribution in [-0.2, 0) is 7.05 Å². The van der Waals surface area contributed by atoms with E-state index in [2.05, 4.69) is 28.5 Å². The van der Waals surface area contributed by atoms with Crippen LogP contribution in [0.15, 0.2) is 36.6 Å². The summed E-state index contributed by atoms with van der Waals surface area (Å²) in [6.07, 6.45) is 13.3. The molecule has 0 aromatic carbocycles. The Labute approximate surface area is 77.1 Å². The lowest BCUT2D eigenvalue weighted by molar-refractivity contribution is 0.714. The molecule has 0 bridgehead atoms. The first-order valence-electron chi connectivity index (χ1n) is 4.26. The Morgan fingerprint density at radius 2 is 2.31 bits per heavy atom. The number of aromatic nitrogens is 3. The molecule has 0 fully saturated rings. The molecule has 13 heavy (non-hydrogen) atoms. The first-order chi connectivity index (χ1) is 6.36. The zero-order valence-corrected chi connectivity index (χ0v) is 7.51. The highest BCUT2D eigenvalue weighted by Crippen LogP contribution is 2.14. The molecule has 0 atom stereocenters. The average molecular weight is 173 g/mol. The van der Waals surface area contributed by atoms with Crippen LogP contribution in [0.4, 0.5) is 0 Å². The summed E-state index contributed by atoms with van der Waals surface area (Å²) < 4.78 is 1.71. The Morgan fingerprint density at radius 1 is 1.38 bits per heavy atom. The van der Waals surface area contributed by atoms with E-state index in [0.717, 1.165) is 17.7 Å². The molecule has 1 aliphatic rings. The third-order valence-electron chi connectivity index (χ3n) is 1.88. The van der Waals surface area contributed by atoms with E-state index in [1.165, 1.54) is 0 Å². The Balaban J connectivity index is 2.35. The van der Waals surface area contributed by atoms with Gasteiger partial charge in [0.25, 0.3) is 0 Å². The quantitative estimate of drug-likeness (QED) is 0.647. The lowest BCUT2D eigenvalue weighted by Gasteiger charge is -1.91. The second kappa shape index (κ2) is 3.39. The minimum Gasteiger partial charge on any atom is -0.255 e. The molecule has 3 heteroatoms. The van der Waals surface area contributed by atoms with Crippen molar-refractivity contribution < 1.29 is 0 Å². The second-order valence-electron chi connectivity index (χ2n) is 2.97. The smallest absolute Gasteiger partial charge is 0.113 e. The number of allylic oxidation sites excluding steroid dienone is 6. The van der Waals surface area contributed by atoms with Crippen LogP contribution in [-0.4, -0.2) is 15.0 Å². The number of hydrogen-bond donors (Lipinski definition) is 0. The lowest BCUT2D eigenvalue weighted by atomic mass is 10.2. The first kappa shape index (κ1) is 7.98. The molecule has 0 unspecified atom stereocenters. The standard InChI is InChI=1S/C10H11N3/c1-13-8-10(11-12-13)9-6-4-2-3-5-7-9/h2,4-8H,3H2,1H3. The van der Waals surface area contributed by atoms with Crippen LogP contribution in [0.1, 0.15) is 12.1 Å². The molecule has 66 valence electrons. The van der Waals surface area contributed by atoms with Crippen LogP contribution in [0.3, 0.4) is 0 Å². The topological polar surface area (TPSA) is 30.7 Å². The summed E-state index contributed by atoms with van der Waals surface area (Å²) in [6, 6.07) is 0. The average Bonchev–Trinajstić information content (AvgIpc) is 2.43. The fourth-order valence-corrected chi connectivity index (χ4v) is 1.23. The van der Waals surface area contributed by atoms with Gasteiger partial charge in [0.1, 0.15) is 5.69 Å². The first-order valence-corrected chi connectivity index (χ1v) is 4.26. The zero-order chi connectivity index (χ0) is 9.10. The molecule has 1 heterocycles. The van der Waals surface area contributed by atoms with Crippen molar-refractivity contribution in [2.24, 2.45) is 7.05 Å². The Morgan fingerprint density at radius 3 is 3.08 bits per heavy atom. The fraction of sp³-hybridized carbons (Fsp3) is 0.200. The van der Waals surface area contributed by atoms with Crippen molar-refractivity contribution in [1.82, 2.24) is 15.0 Å². The molecule has 1 aromatic rings. The van der Waals surface area contributed by atoms with Gasteiger partial charge in [-0.25, -0.2) is 0 Å². The van der Waals surface area contributed by atoms with E-state index in [0.29, 0.717) is 0 Å². The molecule has 0 aliphatic heterocycles. The van der Waals surface area contributed by atoms with Gasteiger partial charge in [-0.15, -0.1) is 5.10 Å². The van der Waals surface area contributed by atoms with E-state index >= 15 is 0 Å². The lowest BCUT2D eigenvalue weighted by Crippen LogP contribution is -1.85. The predicted molar refractivity (Wildman–Crippen MR) is 51.9 cm³/mol. The van der Waals surface area contributed by atoms with Crippen molar-refractivity contribution in [2.75, 3.05) is 0 Å². The second-order valence-corrected chi connectivity index (χ2v) is 2.97. The molecule has 3 nitrogen and oxygen atoms in total. The van der Waals surface area contributed by atoms with E-state index < -0.39 is 0 Å². The van der Waals surface area contributed by atoms with Crippen LogP contribution in [0.5, 0.6) is 0 Å². The highest BCUT2D eigenvalue weighted by Gasteiger charge is 2.01. The third kappa shape index (κ3) is 1.75. The predicted octanol–water partition coefficient (Wildman–Crippen LogP) is 1.71. The van der Waals surface area contributed by atoms with Crippen LogP contribution >= 0.6 is 0 Å². The summed E-state index contributed by atoms with van der Waals surface area (Å²) in [5.41, 5.74) is 2.03.